The number of aromatic nitrogens is 3. The molecule has 6 heteroatoms. The quantitative estimate of drug-likeness (QED) is 0.519. The number of pyridine rings is 3. The second-order valence-corrected chi connectivity index (χ2v) is 7.24. The standard InChI is InChI=1S/C24H22N4O2/c1-15-11-17(12-26-16(15)2)23(29)20-14-28(13-18-7-6-10-22(25-3)27-18)21-9-5-4-8-19(21)24(20)30/h4-12,14H,13H2,1-3H3,(H,25,27). The van der Waals surface area contributed by atoms with Crippen LogP contribution in [-0.4, -0.2) is 27.4 Å². The molecule has 0 bridgehead atoms. The minimum atomic E-state index is -0.327. The lowest BCUT2D eigenvalue weighted by Gasteiger charge is -2.14. The summed E-state index contributed by atoms with van der Waals surface area (Å²) >= 11 is 0. The van der Waals surface area contributed by atoms with Crippen molar-refractivity contribution in [3.8, 4) is 0 Å². The van der Waals surface area contributed by atoms with E-state index in [0.717, 1.165) is 28.3 Å². The number of anilines is 1. The molecule has 3 aromatic heterocycles. The fourth-order valence-corrected chi connectivity index (χ4v) is 3.44. The Hall–Kier alpha value is -3.80. The van der Waals surface area contributed by atoms with Gasteiger partial charge in [-0.1, -0.05) is 18.2 Å². The number of ketones is 1. The van der Waals surface area contributed by atoms with E-state index >= 15 is 0 Å². The van der Waals surface area contributed by atoms with Gasteiger partial charge in [-0.3, -0.25) is 14.6 Å². The number of carbonyl (C=O) groups is 1. The molecule has 0 aliphatic carbocycles. The summed E-state index contributed by atoms with van der Waals surface area (Å²) in [5, 5.41) is 3.53. The van der Waals surface area contributed by atoms with Gasteiger partial charge in [0.05, 0.1) is 23.3 Å². The van der Waals surface area contributed by atoms with Gasteiger partial charge in [-0.05, 0) is 49.7 Å². The first-order valence-electron chi connectivity index (χ1n) is 9.71. The number of para-hydroxylation sites is 1. The summed E-state index contributed by atoms with van der Waals surface area (Å²) in [6, 6.07) is 14.8. The summed E-state index contributed by atoms with van der Waals surface area (Å²) in [6.07, 6.45) is 3.16. The molecule has 0 saturated heterocycles. The number of benzene rings is 1. The Morgan fingerprint density at radius 2 is 1.90 bits per heavy atom. The van der Waals surface area contributed by atoms with Crippen molar-refractivity contribution in [1.29, 1.82) is 0 Å². The van der Waals surface area contributed by atoms with Gasteiger partial charge in [0, 0.05) is 36.1 Å². The van der Waals surface area contributed by atoms with Crippen LogP contribution in [0.3, 0.4) is 0 Å². The fourth-order valence-electron chi connectivity index (χ4n) is 3.44. The molecule has 150 valence electrons. The molecule has 4 rings (SSSR count). The van der Waals surface area contributed by atoms with Gasteiger partial charge in [0.2, 0.25) is 5.43 Å². The predicted molar refractivity (Wildman–Crippen MR) is 118 cm³/mol. The van der Waals surface area contributed by atoms with Crippen molar-refractivity contribution in [1.82, 2.24) is 14.5 Å². The van der Waals surface area contributed by atoms with Crippen LogP contribution in [0.1, 0.15) is 32.9 Å². The maximum absolute atomic E-state index is 13.2. The molecule has 0 spiro atoms. The molecule has 0 saturated carbocycles. The summed E-state index contributed by atoms with van der Waals surface area (Å²) in [5.41, 5.74) is 3.61. The second kappa shape index (κ2) is 7.91. The largest absolute Gasteiger partial charge is 0.373 e. The molecule has 1 N–H and O–H groups in total. The molecule has 4 aromatic rings. The molecular weight excluding hydrogens is 376 g/mol. The first-order valence-corrected chi connectivity index (χ1v) is 9.71. The van der Waals surface area contributed by atoms with Crippen LogP contribution < -0.4 is 10.7 Å². The Balaban J connectivity index is 1.86. The first-order chi connectivity index (χ1) is 14.5. The van der Waals surface area contributed by atoms with Crippen LogP contribution in [0.4, 0.5) is 5.82 Å². The lowest BCUT2D eigenvalue weighted by atomic mass is 10.0. The van der Waals surface area contributed by atoms with E-state index in [0.29, 0.717) is 17.5 Å². The van der Waals surface area contributed by atoms with E-state index in [1.165, 1.54) is 6.20 Å². The molecule has 3 heterocycles. The maximum Gasteiger partial charge on any atom is 0.200 e. The second-order valence-electron chi connectivity index (χ2n) is 7.24. The van der Waals surface area contributed by atoms with Crippen molar-refractivity contribution in [2.45, 2.75) is 20.4 Å². The summed E-state index contributed by atoms with van der Waals surface area (Å²) in [6.45, 7) is 4.22. The van der Waals surface area contributed by atoms with Crippen molar-refractivity contribution in [3.05, 3.63) is 99.2 Å². The predicted octanol–water partition coefficient (Wildman–Crippen LogP) is 3.73. The highest BCUT2D eigenvalue weighted by atomic mass is 16.1. The Kier molecular flexibility index (Phi) is 5.14. The molecule has 0 aliphatic rings. The molecular formula is C24H22N4O2. The van der Waals surface area contributed by atoms with E-state index in [1.54, 1.807) is 24.4 Å². The average Bonchev–Trinajstić information content (AvgIpc) is 2.77. The summed E-state index contributed by atoms with van der Waals surface area (Å²) < 4.78 is 1.90. The van der Waals surface area contributed by atoms with E-state index in [2.05, 4.69) is 15.3 Å². The third-order valence-corrected chi connectivity index (χ3v) is 5.23. The van der Waals surface area contributed by atoms with Crippen molar-refractivity contribution in [3.63, 3.8) is 0 Å². The molecule has 0 fully saturated rings. The highest BCUT2D eigenvalue weighted by molar-refractivity contribution is 6.10. The Labute approximate surface area is 174 Å². The zero-order valence-corrected chi connectivity index (χ0v) is 17.1. The number of carbonyl (C=O) groups excluding carboxylic acids is 1. The average molecular weight is 398 g/mol. The van der Waals surface area contributed by atoms with Crippen molar-refractivity contribution >= 4 is 22.5 Å². The number of hydrogen-bond acceptors (Lipinski definition) is 5. The third kappa shape index (κ3) is 3.59. The molecule has 0 unspecified atom stereocenters. The van der Waals surface area contributed by atoms with Gasteiger partial charge in [-0.25, -0.2) is 4.98 Å². The van der Waals surface area contributed by atoms with Gasteiger partial charge in [-0.15, -0.1) is 0 Å². The molecule has 0 atom stereocenters. The molecule has 0 aliphatic heterocycles. The van der Waals surface area contributed by atoms with Crippen molar-refractivity contribution in [2.75, 3.05) is 12.4 Å². The molecule has 30 heavy (non-hydrogen) atoms. The van der Waals surface area contributed by atoms with E-state index in [-0.39, 0.29) is 16.8 Å². The molecule has 1 aromatic carbocycles. The van der Waals surface area contributed by atoms with Crippen LogP contribution >= 0.6 is 0 Å². The highest BCUT2D eigenvalue weighted by Crippen LogP contribution is 2.17. The van der Waals surface area contributed by atoms with Crippen LogP contribution in [0.25, 0.3) is 10.9 Å². The monoisotopic (exact) mass is 398 g/mol. The van der Waals surface area contributed by atoms with E-state index < -0.39 is 0 Å². The summed E-state index contributed by atoms with van der Waals surface area (Å²) in [5.74, 6) is 0.433. The maximum atomic E-state index is 13.2. The summed E-state index contributed by atoms with van der Waals surface area (Å²) in [4.78, 5) is 35.2. The minimum absolute atomic E-state index is 0.128. The van der Waals surface area contributed by atoms with Gasteiger partial charge >= 0.3 is 0 Å². The van der Waals surface area contributed by atoms with E-state index in [1.807, 2.05) is 55.8 Å². The van der Waals surface area contributed by atoms with Crippen molar-refractivity contribution in [2.24, 2.45) is 0 Å². The smallest absolute Gasteiger partial charge is 0.200 e. The van der Waals surface area contributed by atoms with Crippen LogP contribution in [-0.2, 0) is 6.54 Å². The zero-order valence-electron chi connectivity index (χ0n) is 17.1. The summed E-state index contributed by atoms with van der Waals surface area (Å²) in [7, 11) is 1.81. The lowest BCUT2D eigenvalue weighted by Crippen LogP contribution is -2.20. The van der Waals surface area contributed by atoms with Gasteiger partial charge < -0.3 is 9.88 Å². The molecule has 0 amide bonds. The molecule has 0 radical (unpaired) electrons. The van der Waals surface area contributed by atoms with Crippen molar-refractivity contribution < 1.29 is 4.79 Å². The number of fused-ring (bicyclic) bond motifs is 1. The van der Waals surface area contributed by atoms with Crippen LogP contribution in [0.5, 0.6) is 0 Å². The molecule has 6 nitrogen and oxygen atoms in total. The third-order valence-electron chi connectivity index (χ3n) is 5.23. The van der Waals surface area contributed by atoms with Crippen LogP contribution in [0.15, 0.2) is 65.7 Å². The van der Waals surface area contributed by atoms with Crippen LogP contribution in [0, 0.1) is 13.8 Å². The number of nitrogens with one attached hydrogen (secondary N) is 1. The number of rotatable bonds is 5. The Morgan fingerprint density at radius 1 is 1.10 bits per heavy atom. The fraction of sp³-hybridized carbons (Fsp3) is 0.167. The highest BCUT2D eigenvalue weighted by Gasteiger charge is 2.18. The van der Waals surface area contributed by atoms with Gasteiger partial charge in [0.25, 0.3) is 0 Å². The lowest BCUT2D eigenvalue weighted by molar-refractivity contribution is 0.103. The SMILES string of the molecule is CNc1cccc(Cn2cc(C(=O)c3cnc(C)c(C)c3)c(=O)c3ccccc32)n1. The normalized spacial score (nSPS) is 10.9. The minimum Gasteiger partial charge on any atom is -0.373 e. The van der Waals surface area contributed by atoms with Gasteiger partial charge in [0.15, 0.2) is 5.78 Å². The number of aryl methyl sites for hydroxylation is 2. The Morgan fingerprint density at radius 3 is 2.67 bits per heavy atom. The van der Waals surface area contributed by atoms with Gasteiger partial charge in [0.1, 0.15) is 5.82 Å². The van der Waals surface area contributed by atoms with Gasteiger partial charge in [-0.2, -0.15) is 0 Å². The number of nitrogens with zero attached hydrogens (tertiary/aromatic N) is 3. The van der Waals surface area contributed by atoms with E-state index in [9.17, 15) is 9.59 Å². The first kappa shape index (κ1) is 19.5. The number of hydrogen-bond donors (Lipinski definition) is 1. The Bertz CT molecular complexity index is 1320. The van der Waals surface area contributed by atoms with E-state index in [4.69, 9.17) is 0 Å². The topological polar surface area (TPSA) is 76.9 Å². The van der Waals surface area contributed by atoms with Crippen LogP contribution in [0.2, 0.25) is 0 Å². The zero-order chi connectivity index (χ0) is 21.3.